The first-order valence-electron chi connectivity index (χ1n) is 6.36. The third-order valence-electron chi connectivity index (χ3n) is 2.72. The molecule has 6 heteroatoms. The van der Waals surface area contributed by atoms with Crippen molar-refractivity contribution in [2.75, 3.05) is 0 Å². The fourth-order valence-electron chi connectivity index (χ4n) is 1.56. The van der Waals surface area contributed by atoms with E-state index in [4.69, 9.17) is 4.74 Å². The van der Waals surface area contributed by atoms with Gasteiger partial charge in [-0.1, -0.05) is 27.7 Å². The Morgan fingerprint density at radius 3 is 2.00 bits per heavy atom. The highest BCUT2D eigenvalue weighted by Crippen LogP contribution is 2.35. The first-order valence-corrected chi connectivity index (χ1v) is 6.36. The van der Waals surface area contributed by atoms with E-state index in [2.05, 4.69) is 0 Å². The van der Waals surface area contributed by atoms with E-state index < -0.39 is 36.2 Å². The standard InChI is InChI=1S/C13H23F3O3/c1-8(2)6-10(19-11(17)9(3)4)7-12(5,18)13(14,15)16/h8-10,18H,6-7H2,1-5H3. The van der Waals surface area contributed by atoms with Crippen LogP contribution in [0.5, 0.6) is 0 Å². The fourth-order valence-corrected chi connectivity index (χ4v) is 1.56. The summed E-state index contributed by atoms with van der Waals surface area (Å²) in [6.07, 6.45) is -6.05. The van der Waals surface area contributed by atoms with Gasteiger partial charge in [0.2, 0.25) is 0 Å². The Morgan fingerprint density at radius 2 is 1.68 bits per heavy atom. The van der Waals surface area contributed by atoms with Gasteiger partial charge in [-0.25, -0.2) is 0 Å². The van der Waals surface area contributed by atoms with E-state index in [1.807, 2.05) is 13.8 Å². The van der Waals surface area contributed by atoms with E-state index in [9.17, 15) is 23.1 Å². The molecule has 0 aliphatic carbocycles. The lowest BCUT2D eigenvalue weighted by atomic mass is 9.93. The lowest BCUT2D eigenvalue weighted by molar-refractivity contribution is -0.262. The van der Waals surface area contributed by atoms with E-state index in [1.165, 1.54) is 0 Å². The number of aliphatic hydroxyl groups is 1. The Labute approximate surface area is 112 Å². The van der Waals surface area contributed by atoms with Crippen LogP contribution in [0.2, 0.25) is 0 Å². The zero-order valence-corrected chi connectivity index (χ0v) is 12.0. The van der Waals surface area contributed by atoms with Crippen molar-refractivity contribution in [3.63, 3.8) is 0 Å². The minimum atomic E-state index is -4.74. The Balaban J connectivity index is 4.83. The average molecular weight is 284 g/mol. The van der Waals surface area contributed by atoms with Crippen molar-refractivity contribution in [3.05, 3.63) is 0 Å². The van der Waals surface area contributed by atoms with Gasteiger partial charge in [-0.15, -0.1) is 0 Å². The Hall–Kier alpha value is -0.780. The summed E-state index contributed by atoms with van der Waals surface area (Å²) in [5, 5.41) is 9.47. The second-order valence-electron chi connectivity index (χ2n) is 5.82. The van der Waals surface area contributed by atoms with Crippen LogP contribution in [0.4, 0.5) is 13.2 Å². The molecule has 2 unspecified atom stereocenters. The monoisotopic (exact) mass is 284 g/mol. The van der Waals surface area contributed by atoms with Crippen LogP contribution in [0.25, 0.3) is 0 Å². The van der Waals surface area contributed by atoms with Crippen molar-refractivity contribution in [1.29, 1.82) is 0 Å². The van der Waals surface area contributed by atoms with Crippen LogP contribution in [-0.4, -0.2) is 29.0 Å². The van der Waals surface area contributed by atoms with Crippen LogP contribution < -0.4 is 0 Å². The predicted octanol–water partition coefficient (Wildman–Crippen LogP) is 3.30. The van der Waals surface area contributed by atoms with E-state index >= 15 is 0 Å². The van der Waals surface area contributed by atoms with Gasteiger partial charge in [0.15, 0.2) is 5.60 Å². The second-order valence-corrected chi connectivity index (χ2v) is 5.82. The molecule has 114 valence electrons. The lowest BCUT2D eigenvalue weighted by Gasteiger charge is -2.31. The number of rotatable bonds is 6. The summed E-state index contributed by atoms with van der Waals surface area (Å²) in [4.78, 5) is 11.5. The molecule has 0 aromatic heterocycles. The maximum absolute atomic E-state index is 12.6. The maximum Gasteiger partial charge on any atom is 0.417 e. The van der Waals surface area contributed by atoms with Gasteiger partial charge in [0.05, 0.1) is 5.92 Å². The summed E-state index contributed by atoms with van der Waals surface area (Å²) in [7, 11) is 0. The highest BCUT2D eigenvalue weighted by molar-refractivity contribution is 5.71. The lowest BCUT2D eigenvalue weighted by Crippen LogP contribution is -2.46. The van der Waals surface area contributed by atoms with Crippen molar-refractivity contribution in [2.24, 2.45) is 11.8 Å². The number of ether oxygens (including phenoxy) is 1. The maximum atomic E-state index is 12.6. The zero-order valence-electron chi connectivity index (χ0n) is 12.0. The van der Waals surface area contributed by atoms with E-state index in [0.717, 1.165) is 0 Å². The molecule has 0 heterocycles. The van der Waals surface area contributed by atoms with Crippen LogP contribution in [0, 0.1) is 11.8 Å². The van der Waals surface area contributed by atoms with Gasteiger partial charge in [0, 0.05) is 6.42 Å². The highest BCUT2D eigenvalue weighted by Gasteiger charge is 2.51. The van der Waals surface area contributed by atoms with Gasteiger partial charge in [-0.2, -0.15) is 13.2 Å². The summed E-state index contributed by atoms with van der Waals surface area (Å²) in [5.41, 5.74) is -2.86. The summed E-state index contributed by atoms with van der Waals surface area (Å²) in [6.45, 7) is 7.55. The first-order chi connectivity index (χ1) is 8.36. The van der Waals surface area contributed by atoms with Crippen LogP contribution in [0.3, 0.4) is 0 Å². The third kappa shape index (κ3) is 6.27. The summed E-state index contributed by atoms with van der Waals surface area (Å²) < 4.78 is 43.0. The molecule has 0 aliphatic rings. The van der Waals surface area contributed by atoms with Crippen molar-refractivity contribution < 1.29 is 27.8 Å². The second kappa shape index (κ2) is 6.59. The van der Waals surface area contributed by atoms with Gasteiger partial charge in [0.25, 0.3) is 0 Å². The molecule has 2 atom stereocenters. The minimum absolute atomic E-state index is 0.0639. The van der Waals surface area contributed by atoms with Gasteiger partial charge in [0.1, 0.15) is 6.10 Å². The average Bonchev–Trinajstić information content (AvgIpc) is 2.13. The molecule has 3 nitrogen and oxygen atoms in total. The molecule has 19 heavy (non-hydrogen) atoms. The van der Waals surface area contributed by atoms with Gasteiger partial charge in [-0.05, 0) is 19.3 Å². The number of hydrogen-bond acceptors (Lipinski definition) is 3. The van der Waals surface area contributed by atoms with Gasteiger partial charge in [-0.3, -0.25) is 4.79 Å². The number of hydrogen-bond donors (Lipinski definition) is 1. The van der Waals surface area contributed by atoms with E-state index in [-0.39, 0.29) is 12.3 Å². The number of halogens is 3. The molecule has 0 amide bonds. The predicted molar refractivity (Wildman–Crippen MR) is 65.5 cm³/mol. The molecule has 0 fully saturated rings. The summed E-state index contributed by atoms with van der Waals surface area (Å²) in [5.74, 6) is -0.900. The molecule has 1 N–H and O–H groups in total. The summed E-state index contributed by atoms with van der Waals surface area (Å²) >= 11 is 0. The molecule has 0 aliphatic heterocycles. The van der Waals surface area contributed by atoms with Crippen LogP contribution >= 0.6 is 0 Å². The van der Waals surface area contributed by atoms with Gasteiger partial charge < -0.3 is 9.84 Å². The number of carbonyl (C=O) groups is 1. The molecule has 0 aromatic rings. The van der Waals surface area contributed by atoms with E-state index in [0.29, 0.717) is 6.92 Å². The molecule has 0 aromatic carbocycles. The SMILES string of the molecule is CC(C)CC(CC(C)(O)C(F)(F)F)OC(=O)C(C)C. The topological polar surface area (TPSA) is 46.5 Å². The first kappa shape index (κ1) is 18.2. The number of esters is 1. The largest absolute Gasteiger partial charge is 0.462 e. The molecule has 0 saturated heterocycles. The smallest absolute Gasteiger partial charge is 0.417 e. The van der Waals surface area contributed by atoms with Gasteiger partial charge >= 0.3 is 12.1 Å². The molecule has 0 saturated carbocycles. The van der Waals surface area contributed by atoms with Crippen molar-refractivity contribution in [3.8, 4) is 0 Å². The number of alkyl halides is 3. The van der Waals surface area contributed by atoms with Crippen LogP contribution in [0.1, 0.15) is 47.5 Å². The normalized spacial score (nSPS) is 17.4. The van der Waals surface area contributed by atoms with E-state index in [1.54, 1.807) is 13.8 Å². The zero-order chi connectivity index (χ0) is 15.4. The molecule has 0 radical (unpaired) electrons. The Bertz CT molecular complexity index is 296. The Morgan fingerprint density at radius 1 is 1.21 bits per heavy atom. The molecule has 0 rings (SSSR count). The third-order valence-corrected chi connectivity index (χ3v) is 2.72. The van der Waals surface area contributed by atoms with Crippen LogP contribution in [-0.2, 0) is 9.53 Å². The quantitative estimate of drug-likeness (QED) is 0.761. The minimum Gasteiger partial charge on any atom is -0.462 e. The summed E-state index contributed by atoms with van der Waals surface area (Å²) in [6, 6.07) is 0. The number of carbonyl (C=O) groups excluding carboxylic acids is 1. The van der Waals surface area contributed by atoms with Crippen LogP contribution in [0.15, 0.2) is 0 Å². The Kier molecular flexibility index (Phi) is 6.32. The van der Waals surface area contributed by atoms with Crippen molar-refractivity contribution in [1.82, 2.24) is 0 Å². The van der Waals surface area contributed by atoms with Crippen molar-refractivity contribution >= 4 is 5.97 Å². The van der Waals surface area contributed by atoms with Crippen molar-refractivity contribution in [2.45, 2.75) is 65.3 Å². The molecular weight excluding hydrogens is 261 g/mol. The highest BCUT2D eigenvalue weighted by atomic mass is 19.4. The fraction of sp³-hybridized carbons (Fsp3) is 0.923. The molecule has 0 spiro atoms. The molecular formula is C13H23F3O3. The molecule has 0 bridgehead atoms.